The molecule has 2 aromatic rings. The Morgan fingerprint density at radius 3 is 2.47 bits per heavy atom. The predicted molar refractivity (Wildman–Crippen MR) is 71.2 cm³/mol. The molecule has 2 rings (SSSR count). The van der Waals surface area contributed by atoms with Crippen molar-refractivity contribution in [2.75, 3.05) is 0 Å². The molecule has 0 amide bonds. The molecule has 0 aliphatic rings. The van der Waals surface area contributed by atoms with E-state index >= 15 is 0 Å². The molecule has 0 unspecified atom stereocenters. The Balaban J connectivity index is 2.64. The summed E-state index contributed by atoms with van der Waals surface area (Å²) in [5, 5.41) is 11.5. The minimum atomic E-state index is -0.392. The fraction of sp³-hybridized carbons (Fsp3) is 0. The monoisotopic (exact) mass is 311 g/mol. The lowest BCUT2D eigenvalue weighted by Crippen LogP contribution is -1.91. The van der Waals surface area contributed by atoms with E-state index in [4.69, 9.17) is 11.6 Å². The van der Waals surface area contributed by atoms with Crippen LogP contribution in [0.2, 0.25) is 5.02 Å². The number of nitro groups is 1. The molecule has 0 aliphatic carbocycles. The first kappa shape index (κ1) is 12.1. The van der Waals surface area contributed by atoms with Gasteiger partial charge >= 0.3 is 0 Å². The molecule has 0 aromatic heterocycles. The van der Waals surface area contributed by atoms with Crippen molar-refractivity contribution in [3.05, 3.63) is 62.1 Å². The molecule has 0 radical (unpaired) electrons. The first-order chi connectivity index (χ1) is 8.09. The van der Waals surface area contributed by atoms with Crippen LogP contribution in [0.15, 0.2) is 46.9 Å². The highest BCUT2D eigenvalue weighted by Crippen LogP contribution is 2.35. The van der Waals surface area contributed by atoms with E-state index in [0.717, 1.165) is 10.0 Å². The highest BCUT2D eigenvalue weighted by Gasteiger charge is 2.15. The van der Waals surface area contributed by atoms with Crippen molar-refractivity contribution in [3.63, 3.8) is 0 Å². The molecule has 0 aliphatic heterocycles. The Labute approximate surface area is 111 Å². The second-order valence-electron chi connectivity index (χ2n) is 3.40. The zero-order valence-electron chi connectivity index (χ0n) is 8.56. The fourth-order valence-electron chi connectivity index (χ4n) is 1.57. The summed E-state index contributed by atoms with van der Waals surface area (Å²) >= 11 is 9.20. The lowest BCUT2D eigenvalue weighted by Gasteiger charge is -2.05. The first-order valence-electron chi connectivity index (χ1n) is 4.78. The molecule has 17 heavy (non-hydrogen) atoms. The van der Waals surface area contributed by atoms with Crippen molar-refractivity contribution in [1.82, 2.24) is 0 Å². The van der Waals surface area contributed by atoms with E-state index < -0.39 is 4.92 Å². The lowest BCUT2D eigenvalue weighted by atomic mass is 10.0. The van der Waals surface area contributed by atoms with Gasteiger partial charge in [0.2, 0.25) is 0 Å². The lowest BCUT2D eigenvalue weighted by molar-refractivity contribution is -0.384. The van der Waals surface area contributed by atoms with Crippen molar-refractivity contribution in [2.24, 2.45) is 0 Å². The molecule has 0 spiro atoms. The van der Waals surface area contributed by atoms with Crippen LogP contribution < -0.4 is 0 Å². The zero-order chi connectivity index (χ0) is 12.4. The standard InChI is InChI=1S/C12H7BrClNO2/c13-11-7-8(14)5-6-9(11)10-3-1-2-4-12(10)15(16)17/h1-7H. The van der Waals surface area contributed by atoms with Crippen LogP contribution in [0.1, 0.15) is 0 Å². The number of nitrogens with zero attached hydrogens (tertiary/aromatic N) is 1. The number of nitro benzene ring substituents is 1. The Hall–Kier alpha value is -1.39. The van der Waals surface area contributed by atoms with Crippen LogP contribution in [-0.2, 0) is 0 Å². The van der Waals surface area contributed by atoms with E-state index in [-0.39, 0.29) is 5.69 Å². The summed E-state index contributed by atoms with van der Waals surface area (Å²) in [6.45, 7) is 0. The van der Waals surface area contributed by atoms with Gasteiger partial charge in [0.15, 0.2) is 0 Å². The third-order valence-corrected chi connectivity index (χ3v) is 3.21. The van der Waals surface area contributed by atoms with Crippen molar-refractivity contribution in [2.45, 2.75) is 0 Å². The molecule has 0 saturated carbocycles. The van der Waals surface area contributed by atoms with Gasteiger partial charge in [-0.3, -0.25) is 10.1 Å². The van der Waals surface area contributed by atoms with Gasteiger partial charge in [-0.1, -0.05) is 45.7 Å². The van der Waals surface area contributed by atoms with Crippen LogP contribution in [0, 0.1) is 10.1 Å². The van der Waals surface area contributed by atoms with Crippen LogP contribution in [0.4, 0.5) is 5.69 Å². The summed E-state index contributed by atoms with van der Waals surface area (Å²) in [4.78, 5) is 10.5. The van der Waals surface area contributed by atoms with Crippen LogP contribution in [-0.4, -0.2) is 4.92 Å². The summed E-state index contributed by atoms with van der Waals surface area (Å²) in [6.07, 6.45) is 0. The van der Waals surface area contributed by atoms with Gasteiger partial charge in [0.1, 0.15) is 0 Å². The van der Waals surface area contributed by atoms with Gasteiger partial charge < -0.3 is 0 Å². The van der Waals surface area contributed by atoms with Gasteiger partial charge in [0.05, 0.1) is 10.5 Å². The Morgan fingerprint density at radius 1 is 1.12 bits per heavy atom. The minimum absolute atomic E-state index is 0.0792. The first-order valence-corrected chi connectivity index (χ1v) is 5.95. The van der Waals surface area contributed by atoms with Gasteiger partial charge in [0, 0.05) is 21.1 Å². The third kappa shape index (κ3) is 2.48. The molecular weight excluding hydrogens is 305 g/mol. The van der Waals surface area contributed by atoms with Crippen LogP contribution in [0.3, 0.4) is 0 Å². The highest BCUT2D eigenvalue weighted by molar-refractivity contribution is 9.10. The van der Waals surface area contributed by atoms with Gasteiger partial charge in [0.25, 0.3) is 5.69 Å². The summed E-state index contributed by atoms with van der Waals surface area (Å²) in [5.41, 5.74) is 1.40. The van der Waals surface area contributed by atoms with Gasteiger partial charge in [-0.05, 0) is 18.2 Å². The maximum atomic E-state index is 10.9. The molecule has 0 heterocycles. The van der Waals surface area contributed by atoms with Crippen molar-refractivity contribution >= 4 is 33.2 Å². The highest BCUT2D eigenvalue weighted by atomic mass is 79.9. The van der Waals surface area contributed by atoms with Crippen LogP contribution in [0.25, 0.3) is 11.1 Å². The normalized spacial score (nSPS) is 10.2. The van der Waals surface area contributed by atoms with Crippen LogP contribution in [0.5, 0.6) is 0 Å². The average molecular weight is 313 g/mol. The zero-order valence-corrected chi connectivity index (χ0v) is 10.9. The quantitative estimate of drug-likeness (QED) is 0.597. The Kier molecular flexibility index (Phi) is 3.45. The molecule has 3 nitrogen and oxygen atoms in total. The summed E-state index contributed by atoms with van der Waals surface area (Å²) in [5.74, 6) is 0. The second-order valence-corrected chi connectivity index (χ2v) is 4.69. The maximum absolute atomic E-state index is 10.9. The summed E-state index contributed by atoms with van der Waals surface area (Å²) in [7, 11) is 0. The van der Waals surface area contributed by atoms with Gasteiger partial charge in [-0.2, -0.15) is 0 Å². The second kappa shape index (κ2) is 4.85. The molecule has 86 valence electrons. The van der Waals surface area contributed by atoms with Crippen molar-refractivity contribution < 1.29 is 4.92 Å². The number of hydrogen-bond donors (Lipinski definition) is 0. The number of hydrogen-bond acceptors (Lipinski definition) is 2. The molecular formula is C12H7BrClNO2. The summed E-state index contributed by atoms with van der Waals surface area (Å²) in [6, 6.07) is 11.8. The third-order valence-electron chi connectivity index (χ3n) is 2.32. The van der Waals surface area contributed by atoms with Crippen molar-refractivity contribution in [3.8, 4) is 11.1 Å². The topological polar surface area (TPSA) is 43.1 Å². The van der Waals surface area contributed by atoms with E-state index in [1.54, 1.807) is 36.4 Å². The molecule has 0 atom stereocenters. The number of halogens is 2. The maximum Gasteiger partial charge on any atom is 0.277 e. The SMILES string of the molecule is O=[N+]([O-])c1ccccc1-c1ccc(Cl)cc1Br. The average Bonchev–Trinajstić information content (AvgIpc) is 2.29. The molecule has 0 N–H and O–H groups in total. The van der Waals surface area contributed by atoms with E-state index in [9.17, 15) is 10.1 Å². The molecule has 0 fully saturated rings. The number of para-hydroxylation sites is 1. The minimum Gasteiger partial charge on any atom is -0.258 e. The number of rotatable bonds is 2. The van der Waals surface area contributed by atoms with Gasteiger partial charge in [-0.15, -0.1) is 0 Å². The van der Waals surface area contributed by atoms with E-state index in [1.807, 2.05) is 0 Å². The van der Waals surface area contributed by atoms with Crippen LogP contribution >= 0.6 is 27.5 Å². The Morgan fingerprint density at radius 2 is 1.82 bits per heavy atom. The van der Waals surface area contributed by atoms with E-state index in [2.05, 4.69) is 15.9 Å². The molecule has 0 bridgehead atoms. The van der Waals surface area contributed by atoms with E-state index in [0.29, 0.717) is 10.6 Å². The fourth-order valence-corrected chi connectivity index (χ4v) is 2.46. The molecule has 2 aromatic carbocycles. The largest absolute Gasteiger partial charge is 0.277 e. The summed E-state index contributed by atoms with van der Waals surface area (Å²) < 4.78 is 0.735. The smallest absolute Gasteiger partial charge is 0.258 e. The molecule has 0 saturated heterocycles. The molecule has 5 heteroatoms. The van der Waals surface area contributed by atoms with E-state index in [1.165, 1.54) is 6.07 Å². The van der Waals surface area contributed by atoms with Gasteiger partial charge in [-0.25, -0.2) is 0 Å². The predicted octanol–water partition coefficient (Wildman–Crippen LogP) is 4.68. The number of benzene rings is 2. The van der Waals surface area contributed by atoms with Crippen molar-refractivity contribution in [1.29, 1.82) is 0 Å². The Bertz CT molecular complexity index is 586.